The minimum absolute atomic E-state index is 0.0451. The fraction of sp³-hybridized carbons (Fsp3) is 0.704. The predicted octanol–water partition coefficient (Wildman–Crippen LogP) is 5.93. The van der Waals surface area contributed by atoms with E-state index in [0.29, 0.717) is 5.02 Å². The van der Waals surface area contributed by atoms with Gasteiger partial charge in [-0.05, 0) is 120 Å². The van der Waals surface area contributed by atoms with E-state index in [9.17, 15) is 4.79 Å². The second kappa shape index (κ2) is 7.56. The van der Waals surface area contributed by atoms with E-state index in [-0.39, 0.29) is 17.5 Å². The number of piperidine rings is 1. The summed E-state index contributed by atoms with van der Waals surface area (Å²) in [5, 5.41) is 0.701. The zero-order valence-electron chi connectivity index (χ0n) is 19.5. The Labute approximate surface area is 197 Å². The number of nitrogens with zero attached hydrogens (tertiary/aromatic N) is 3. The van der Waals surface area contributed by atoms with Crippen molar-refractivity contribution in [2.75, 3.05) is 18.0 Å². The summed E-state index contributed by atoms with van der Waals surface area (Å²) in [5.74, 6) is 3.72. The maximum absolute atomic E-state index is 13.9. The second-order valence-electron chi connectivity index (χ2n) is 11.9. The van der Waals surface area contributed by atoms with Gasteiger partial charge < -0.3 is 0 Å². The summed E-state index contributed by atoms with van der Waals surface area (Å²) in [6.45, 7) is 6.41. The highest BCUT2D eigenvalue weighted by Crippen LogP contribution is 2.58. The highest BCUT2D eigenvalue weighted by atomic mass is 35.5. The molecular formula is C27H36ClN3O. The molecule has 6 fully saturated rings. The Morgan fingerprint density at radius 2 is 1.47 bits per heavy atom. The van der Waals surface area contributed by atoms with E-state index in [0.717, 1.165) is 42.4 Å². The van der Waals surface area contributed by atoms with Crippen molar-refractivity contribution in [3.05, 3.63) is 29.3 Å². The molecule has 1 aromatic rings. The standard InChI is InChI=1S/C27H36ClN3O/c1-26(2)23(30-10-4-3-5-11-30)24(31(25(26)32)22-8-6-21(28)7-9-22)29-27-15-18-12-19(16-27)14-20(13-18)17-27/h6-9,18-20,23H,3-5,10-17H2,1-2H3/t18?,19?,20?,23-,27?/m0/s1. The van der Waals surface area contributed by atoms with Gasteiger partial charge in [0.25, 0.3) is 0 Å². The van der Waals surface area contributed by atoms with Gasteiger partial charge in [-0.3, -0.25) is 19.6 Å². The van der Waals surface area contributed by atoms with E-state index in [1.54, 1.807) is 0 Å². The van der Waals surface area contributed by atoms with Gasteiger partial charge in [0.1, 0.15) is 5.84 Å². The van der Waals surface area contributed by atoms with Crippen molar-refractivity contribution >= 4 is 29.0 Å². The van der Waals surface area contributed by atoms with Crippen LogP contribution in [0.15, 0.2) is 29.3 Å². The molecule has 0 aromatic heterocycles. The average molecular weight is 454 g/mol. The first-order valence-corrected chi connectivity index (χ1v) is 13.2. The lowest BCUT2D eigenvalue weighted by Gasteiger charge is -2.55. The van der Waals surface area contributed by atoms with Gasteiger partial charge >= 0.3 is 0 Å². The Hall–Kier alpha value is -1.39. The number of anilines is 1. The quantitative estimate of drug-likeness (QED) is 0.568. The number of aliphatic imine (C=N–C) groups is 1. The lowest BCUT2D eigenvalue weighted by molar-refractivity contribution is -0.125. The van der Waals surface area contributed by atoms with Crippen molar-refractivity contribution in [1.29, 1.82) is 0 Å². The number of rotatable bonds is 3. The maximum Gasteiger partial charge on any atom is 0.240 e. The van der Waals surface area contributed by atoms with Gasteiger partial charge in [-0.15, -0.1) is 0 Å². The molecule has 0 radical (unpaired) electrons. The molecule has 7 rings (SSSR count). The van der Waals surface area contributed by atoms with E-state index >= 15 is 0 Å². The van der Waals surface area contributed by atoms with Gasteiger partial charge in [0, 0.05) is 5.02 Å². The molecule has 0 spiro atoms. The molecule has 4 nitrogen and oxygen atoms in total. The largest absolute Gasteiger partial charge is 0.293 e. The number of hydrogen-bond acceptors (Lipinski definition) is 3. The molecule has 32 heavy (non-hydrogen) atoms. The van der Waals surface area contributed by atoms with Gasteiger partial charge in [-0.2, -0.15) is 0 Å². The minimum Gasteiger partial charge on any atom is -0.293 e. The van der Waals surface area contributed by atoms with Crippen LogP contribution in [0.25, 0.3) is 0 Å². The van der Waals surface area contributed by atoms with Crippen LogP contribution in [0.5, 0.6) is 0 Å². The molecule has 1 atom stereocenters. The second-order valence-corrected chi connectivity index (χ2v) is 12.4. The van der Waals surface area contributed by atoms with Crippen LogP contribution in [-0.2, 0) is 4.79 Å². The molecule has 172 valence electrons. The van der Waals surface area contributed by atoms with Gasteiger partial charge in [-0.1, -0.05) is 18.0 Å². The van der Waals surface area contributed by atoms with Gasteiger partial charge in [0.15, 0.2) is 0 Å². The normalized spacial score (nSPS) is 39.9. The Kier molecular flexibility index (Phi) is 5.00. The molecule has 1 aromatic carbocycles. The van der Waals surface area contributed by atoms with Crippen LogP contribution in [0.2, 0.25) is 5.02 Å². The molecule has 4 aliphatic carbocycles. The van der Waals surface area contributed by atoms with Crippen molar-refractivity contribution in [2.24, 2.45) is 28.2 Å². The number of carbonyl (C=O) groups is 1. The van der Waals surface area contributed by atoms with Gasteiger partial charge in [0.05, 0.1) is 22.7 Å². The first kappa shape index (κ1) is 21.2. The lowest BCUT2D eigenvalue weighted by Crippen LogP contribution is -2.53. The number of amides is 1. The lowest BCUT2D eigenvalue weighted by atomic mass is 9.53. The van der Waals surface area contributed by atoms with E-state index in [1.807, 2.05) is 29.2 Å². The SMILES string of the molecule is CC1(C)C(=O)N(c2ccc(Cl)cc2)C(=NC23CC4CC(CC(C4)C2)C3)[C@@H]1N1CCCCC1. The molecule has 0 N–H and O–H groups in total. The fourth-order valence-electron chi connectivity index (χ4n) is 8.15. The zero-order chi connectivity index (χ0) is 22.1. The Balaban J connectivity index is 1.47. The minimum atomic E-state index is -0.488. The molecule has 1 amide bonds. The summed E-state index contributed by atoms with van der Waals surface area (Å²) in [5.41, 5.74) is 0.470. The highest BCUT2D eigenvalue weighted by Gasteiger charge is 2.57. The molecule has 6 aliphatic rings. The number of amidine groups is 1. The van der Waals surface area contributed by atoms with Crippen molar-refractivity contribution in [2.45, 2.75) is 83.2 Å². The maximum atomic E-state index is 13.9. The summed E-state index contributed by atoms with van der Waals surface area (Å²) in [7, 11) is 0. The molecule has 2 aliphatic heterocycles. The third-order valence-electron chi connectivity index (χ3n) is 9.11. The fourth-order valence-corrected chi connectivity index (χ4v) is 8.27. The summed E-state index contributed by atoms with van der Waals surface area (Å²) >= 11 is 6.20. The molecule has 2 saturated heterocycles. The Morgan fingerprint density at radius 3 is 2.03 bits per heavy atom. The number of likely N-dealkylation sites (tertiary alicyclic amines) is 1. The summed E-state index contributed by atoms with van der Waals surface area (Å²) in [4.78, 5) is 24.2. The monoisotopic (exact) mass is 453 g/mol. The first-order valence-electron chi connectivity index (χ1n) is 12.8. The predicted molar refractivity (Wildman–Crippen MR) is 130 cm³/mol. The van der Waals surface area contributed by atoms with Crippen LogP contribution in [0.1, 0.15) is 71.6 Å². The van der Waals surface area contributed by atoms with E-state index < -0.39 is 5.41 Å². The topological polar surface area (TPSA) is 35.9 Å². The highest BCUT2D eigenvalue weighted by molar-refractivity contribution is 6.31. The summed E-state index contributed by atoms with van der Waals surface area (Å²) in [6, 6.07) is 7.83. The van der Waals surface area contributed by atoms with Crippen LogP contribution < -0.4 is 4.90 Å². The van der Waals surface area contributed by atoms with Crippen LogP contribution in [0, 0.1) is 23.2 Å². The number of halogens is 1. The molecule has 4 saturated carbocycles. The van der Waals surface area contributed by atoms with Crippen LogP contribution in [0.3, 0.4) is 0 Å². The van der Waals surface area contributed by atoms with Crippen LogP contribution in [0.4, 0.5) is 5.69 Å². The number of hydrogen-bond donors (Lipinski definition) is 0. The first-order chi connectivity index (χ1) is 15.3. The third-order valence-corrected chi connectivity index (χ3v) is 9.36. The Bertz CT molecular complexity index is 895. The molecule has 0 unspecified atom stereocenters. The smallest absolute Gasteiger partial charge is 0.240 e. The zero-order valence-corrected chi connectivity index (χ0v) is 20.3. The van der Waals surface area contributed by atoms with Gasteiger partial charge in [-0.25, -0.2) is 0 Å². The van der Waals surface area contributed by atoms with Crippen molar-refractivity contribution in [3.63, 3.8) is 0 Å². The molecule has 5 heteroatoms. The summed E-state index contributed by atoms with van der Waals surface area (Å²) in [6.07, 6.45) is 11.6. The van der Waals surface area contributed by atoms with Gasteiger partial charge in [0.2, 0.25) is 5.91 Å². The van der Waals surface area contributed by atoms with Crippen molar-refractivity contribution in [3.8, 4) is 0 Å². The van der Waals surface area contributed by atoms with E-state index in [2.05, 4.69) is 18.7 Å². The average Bonchev–Trinajstić information content (AvgIpc) is 2.93. The molecule has 2 heterocycles. The number of benzene rings is 1. The summed E-state index contributed by atoms with van der Waals surface area (Å²) < 4.78 is 0. The molecular weight excluding hydrogens is 418 g/mol. The van der Waals surface area contributed by atoms with E-state index in [1.165, 1.54) is 57.8 Å². The number of carbonyl (C=O) groups excluding carboxylic acids is 1. The van der Waals surface area contributed by atoms with E-state index in [4.69, 9.17) is 16.6 Å². The van der Waals surface area contributed by atoms with Crippen LogP contribution >= 0.6 is 11.6 Å². The van der Waals surface area contributed by atoms with Crippen molar-refractivity contribution < 1.29 is 4.79 Å². The molecule has 4 bridgehead atoms. The third kappa shape index (κ3) is 3.36. The Morgan fingerprint density at radius 1 is 0.906 bits per heavy atom. The van der Waals surface area contributed by atoms with Crippen molar-refractivity contribution in [1.82, 2.24) is 4.90 Å². The van der Waals surface area contributed by atoms with Crippen LogP contribution in [-0.4, -0.2) is 41.3 Å².